The first-order valence-electron chi connectivity index (χ1n) is 7.60. The molecule has 1 atom stereocenters. The molecule has 1 unspecified atom stereocenters. The average Bonchev–Trinajstić information content (AvgIpc) is 3.09. The minimum absolute atomic E-state index is 0.0881. The lowest BCUT2D eigenvalue weighted by molar-refractivity contribution is -0.129. The maximum absolute atomic E-state index is 11.7. The van der Waals surface area contributed by atoms with E-state index in [-0.39, 0.29) is 11.9 Å². The summed E-state index contributed by atoms with van der Waals surface area (Å²) in [4.78, 5) is 22.6. The number of carbonyl (C=O) groups excluding carboxylic acids is 1. The monoisotopic (exact) mass is 274 g/mol. The highest BCUT2D eigenvalue weighted by Crippen LogP contribution is 2.34. The van der Waals surface area contributed by atoms with Crippen LogP contribution in [0.2, 0.25) is 0 Å². The molecule has 1 aliphatic heterocycles. The molecule has 20 heavy (non-hydrogen) atoms. The summed E-state index contributed by atoms with van der Waals surface area (Å²) in [5, 5.41) is 3.53. The van der Waals surface area contributed by atoms with Crippen LogP contribution in [0.4, 0.5) is 5.82 Å². The summed E-state index contributed by atoms with van der Waals surface area (Å²) in [7, 11) is 0. The van der Waals surface area contributed by atoms with Gasteiger partial charge in [-0.15, -0.1) is 0 Å². The number of rotatable bonds is 3. The smallest absolute Gasteiger partial charge is 0.220 e. The van der Waals surface area contributed by atoms with Crippen molar-refractivity contribution < 1.29 is 4.79 Å². The Kier molecular flexibility index (Phi) is 3.85. The Morgan fingerprint density at radius 2 is 1.95 bits per heavy atom. The second-order valence-electron chi connectivity index (χ2n) is 5.79. The van der Waals surface area contributed by atoms with Gasteiger partial charge in [-0.05, 0) is 25.7 Å². The van der Waals surface area contributed by atoms with Crippen molar-refractivity contribution in [1.29, 1.82) is 0 Å². The maximum atomic E-state index is 11.7. The Bertz CT molecular complexity index is 485. The van der Waals surface area contributed by atoms with Crippen LogP contribution in [0.25, 0.3) is 0 Å². The fourth-order valence-corrected chi connectivity index (χ4v) is 3.40. The van der Waals surface area contributed by atoms with Gasteiger partial charge in [0, 0.05) is 31.9 Å². The van der Waals surface area contributed by atoms with Gasteiger partial charge in [0.25, 0.3) is 0 Å². The second kappa shape index (κ2) is 5.77. The number of amides is 1. The van der Waals surface area contributed by atoms with Crippen LogP contribution in [-0.2, 0) is 4.79 Å². The first-order chi connectivity index (χ1) is 9.75. The van der Waals surface area contributed by atoms with Gasteiger partial charge in [0.1, 0.15) is 11.5 Å². The number of hydrogen-bond acceptors (Lipinski definition) is 4. The fourth-order valence-electron chi connectivity index (χ4n) is 3.40. The first kappa shape index (κ1) is 13.3. The molecule has 0 radical (unpaired) electrons. The number of aromatic nitrogens is 2. The van der Waals surface area contributed by atoms with Gasteiger partial charge in [0.2, 0.25) is 5.91 Å². The van der Waals surface area contributed by atoms with Crippen molar-refractivity contribution in [2.24, 2.45) is 0 Å². The standard InChI is InChI=1S/C15H22N4O/c1-11(20)19-10-4-7-13(19)14-15(17-9-8-16-14)18-12-5-2-3-6-12/h8-9,12-13H,2-7,10H2,1H3,(H,17,18). The third-order valence-electron chi connectivity index (χ3n) is 4.40. The summed E-state index contributed by atoms with van der Waals surface area (Å²) in [5.41, 5.74) is 0.937. The number of likely N-dealkylation sites (tertiary alicyclic amines) is 1. The molecule has 2 fully saturated rings. The van der Waals surface area contributed by atoms with Crippen molar-refractivity contribution in [3.8, 4) is 0 Å². The Labute approximate surface area is 119 Å². The summed E-state index contributed by atoms with van der Waals surface area (Å²) in [5.74, 6) is 1.00. The molecule has 0 spiro atoms. The first-order valence-corrected chi connectivity index (χ1v) is 7.60. The lowest BCUT2D eigenvalue weighted by atomic mass is 10.1. The number of nitrogens with one attached hydrogen (secondary N) is 1. The van der Waals surface area contributed by atoms with Crippen molar-refractivity contribution >= 4 is 11.7 Å². The Balaban J connectivity index is 1.83. The van der Waals surface area contributed by atoms with Gasteiger partial charge >= 0.3 is 0 Å². The van der Waals surface area contributed by atoms with E-state index >= 15 is 0 Å². The SMILES string of the molecule is CC(=O)N1CCCC1c1nccnc1NC1CCCC1. The molecule has 2 aliphatic rings. The fraction of sp³-hybridized carbons (Fsp3) is 0.667. The Morgan fingerprint density at radius 1 is 1.20 bits per heavy atom. The van der Waals surface area contributed by atoms with E-state index in [0.29, 0.717) is 6.04 Å². The molecule has 3 rings (SSSR count). The van der Waals surface area contributed by atoms with Crippen LogP contribution in [0.15, 0.2) is 12.4 Å². The van der Waals surface area contributed by atoms with Crippen molar-refractivity contribution in [3.63, 3.8) is 0 Å². The van der Waals surface area contributed by atoms with Crippen LogP contribution < -0.4 is 5.32 Å². The van der Waals surface area contributed by atoms with E-state index in [1.807, 2.05) is 4.90 Å². The van der Waals surface area contributed by atoms with Crippen molar-refractivity contribution in [2.75, 3.05) is 11.9 Å². The van der Waals surface area contributed by atoms with E-state index in [1.54, 1.807) is 19.3 Å². The molecule has 1 amide bonds. The van der Waals surface area contributed by atoms with Crippen LogP contribution in [0.1, 0.15) is 57.2 Å². The molecule has 1 saturated carbocycles. The van der Waals surface area contributed by atoms with E-state index in [1.165, 1.54) is 25.7 Å². The molecular formula is C15H22N4O. The van der Waals surface area contributed by atoms with Crippen LogP contribution in [0.5, 0.6) is 0 Å². The molecule has 0 bridgehead atoms. The van der Waals surface area contributed by atoms with E-state index in [2.05, 4.69) is 15.3 Å². The quantitative estimate of drug-likeness (QED) is 0.920. The van der Waals surface area contributed by atoms with Crippen LogP contribution in [-0.4, -0.2) is 33.4 Å². The van der Waals surface area contributed by atoms with Crippen LogP contribution in [0, 0.1) is 0 Å². The van der Waals surface area contributed by atoms with Crippen LogP contribution >= 0.6 is 0 Å². The highest BCUT2D eigenvalue weighted by Gasteiger charge is 2.31. The molecule has 5 heteroatoms. The summed E-state index contributed by atoms with van der Waals surface area (Å²) < 4.78 is 0. The van der Waals surface area contributed by atoms with E-state index < -0.39 is 0 Å². The van der Waals surface area contributed by atoms with E-state index in [0.717, 1.165) is 30.9 Å². The highest BCUT2D eigenvalue weighted by molar-refractivity contribution is 5.74. The van der Waals surface area contributed by atoms with Gasteiger partial charge in [-0.1, -0.05) is 12.8 Å². The molecule has 108 valence electrons. The van der Waals surface area contributed by atoms with Gasteiger partial charge in [-0.25, -0.2) is 4.98 Å². The van der Waals surface area contributed by atoms with E-state index in [4.69, 9.17) is 0 Å². The molecule has 0 aromatic carbocycles. The number of hydrogen-bond donors (Lipinski definition) is 1. The largest absolute Gasteiger partial charge is 0.366 e. The second-order valence-corrected chi connectivity index (χ2v) is 5.79. The minimum Gasteiger partial charge on any atom is -0.366 e. The number of nitrogens with zero attached hydrogens (tertiary/aromatic N) is 3. The molecule has 1 aliphatic carbocycles. The van der Waals surface area contributed by atoms with Crippen LogP contribution in [0.3, 0.4) is 0 Å². The van der Waals surface area contributed by atoms with Gasteiger partial charge in [-0.3, -0.25) is 9.78 Å². The zero-order valence-electron chi connectivity index (χ0n) is 12.0. The summed E-state index contributed by atoms with van der Waals surface area (Å²) in [6, 6.07) is 0.600. The predicted octanol–water partition coefficient (Wildman–Crippen LogP) is 2.51. The molecule has 1 saturated heterocycles. The molecule has 1 aromatic heterocycles. The van der Waals surface area contributed by atoms with Gasteiger partial charge < -0.3 is 10.2 Å². The summed E-state index contributed by atoms with van der Waals surface area (Å²) in [6.45, 7) is 2.47. The topological polar surface area (TPSA) is 58.1 Å². The zero-order valence-corrected chi connectivity index (χ0v) is 12.0. The summed E-state index contributed by atoms with van der Waals surface area (Å²) in [6.07, 6.45) is 10.5. The molecular weight excluding hydrogens is 252 g/mol. The molecule has 1 aromatic rings. The van der Waals surface area contributed by atoms with Crippen molar-refractivity contribution in [1.82, 2.24) is 14.9 Å². The highest BCUT2D eigenvalue weighted by atomic mass is 16.2. The Hall–Kier alpha value is -1.65. The molecule has 1 N–H and O–H groups in total. The third-order valence-corrected chi connectivity index (χ3v) is 4.40. The number of carbonyl (C=O) groups is 1. The Morgan fingerprint density at radius 3 is 2.70 bits per heavy atom. The maximum Gasteiger partial charge on any atom is 0.220 e. The van der Waals surface area contributed by atoms with Gasteiger partial charge in [0.15, 0.2) is 0 Å². The predicted molar refractivity (Wildman–Crippen MR) is 77.3 cm³/mol. The molecule has 5 nitrogen and oxygen atoms in total. The lowest BCUT2D eigenvalue weighted by Gasteiger charge is -2.25. The van der Waals surface area contributed by atoms with E-state index in [9.17, 15) is 4.79 Å². The van der Waals surface area contributed by atoms with Crippen molar-refractivity contribution in [3.05, 3.63) is 18.1 Å². The third kappa shape index (κ3) is 2.62. The minimum atomic E-state index is 0.0881. The zero-order chi connectivity index (χ0) is 13.9. The van der Waals surface area contributed by atoms with Crippen molar-refractivity contribution in [2.45, 2.75) is 57.5 Å². The normalized spacial score (nSPS) is 23.2. The summed E-state index contributed by atoms with van der Waals surface area (Å²) >= 11 is 0. The van der Waals surface area contributed by atoms with Gasteiger partial charge in [-0.2, -0.15) is 0 Å². The molecule has 2 heterocycles. The average molecular weight is 274 g/mol. The number of anilines is 1. The van der Waals surface area contributed by atoms with Gasteiger partial charge in [0.05, 0.1) is 6.04 Å². The lowest BCUT2D eigenvalue weighted by Crippen LogP contribution is -2.30.